The maximum Gasteiger partial charge on any atom is 0.410 e. The minimum absolute atomic E-state index is 0.104. The molecule has 1 amide bonds. The first-order chi connectivity index (χ1) is 8.17. The van der Waals surface area contributed by atoms with Crippen molar-refractivity contribution < 1.29 is 19.1 Å². The van der Waals surface area contributed by atoms with E-state index in [0.717, 1.165) is 4.88 Å². The number of carbonyl (C=O) groups excluding carboxylic acids is 2. The highest BCUT2D eigenvalue weighted by atomic mass is 32.1. The van der Waals surface area contributed by atoms with Gasteiger partial charge in [-0.05, 0) is 18.4 Å². The van der Waals surface area contributed by atoms with Crippen molar-refractivity contribution >= 4 is 23.4 Å². The van der Waals surface area contributed by atoms with E-state index >= 15 is 0 Å². The first-order valence-electron chi connectivity index (χ1n) is 5.18. The zero-order valence-corrected chi connectivity index (χ0v) is 10.7. The number of rotatable bonds is 5. The summed E-state index contributed by atoms with van der Waals surface area (Å²) < 4.78 is 9.43. The molecule has 94 valence electrons. The number of ether oxygens (including phenoxy) is 2. The largest absolute Gasteiger partial charge is 0.468 e. The van der Waals surface area contributed by atoms with Crippen molar-refractivity contribution in [2.75, 3.05) is 20.3 Å². The molecular formula is C11H15NO4S. The number of amides is 1. The van der Waals surface area contributed by atoms with E-state index in [1.54, 1.807) is 6.92 Å². The summed E-state index contributed by atoms with van der Waals surface area (Å²) >= 11 is 1.52. The summed E-state index contributed by atoms with van der Waals surface area (Å²) in [5.41, 5.74) is 0. The Morgan fingerprint density at radius 1 is 1.47 bits per heavy atom. The zero-order chi connectivity index (χ0) is 12.7. The molecule has 0 aromatic carbocycles. The van der Waals surface area contributed by atoms with Gasteiger partial charge in [-0.2, -0.15) is 0 Å². The van der Waals surface area contributed by atoms with Gasteiger partial charge in [0.15, 0.2) is 0 Å². The van der Waals surface area contributed by atoms with E-state index in [4.69, 9.17) is 4.74 Å². The van der Waals surface area contributed by atoms with Gasteiger partial charge in [-0.1, -0.05) is 6.07 Å². The fourth-order valence-electron chi connectivity index (χ4n) is 1.21. The summed E-state index contributed by atoms with van der Waals surface area (Å²) in [6, 6.07) is 3.79. The standard InChI is InChI=1S/C11H15NO4S/c1-3-16-11(14)12(8-10(13)15-2)7-9-5-4-6-17-9/h4-6H,3,7-8H2,1-2H3. The molecule has 0 bridgehead atoms. The topological polar surface area (TPSA) is 55.8 Å². The van der Waals surface area contributed by atoms with Crippen LogP contribution in [0.15, 0.2) is 17.5 Å². The molecule has 0 N–H and O–H groups in total. The number of esters is 1. The molecule has 0 fully saturated rings. The number of carbonyl (C=O) groups is 2. The summed E-state index contributed by atoms with van der Waals surface area (Å²) in [5.74, 6) is -0.463. The molecule has 0 radical (unpaired) electrons. The molecule has 1 heterocycles. The highest BCUT2D eigenvalue weighted by molar-refractivity contribution is 7.09. The SMILES string of the molecule is CCOC(=O)N(CC(=O)OC)Cc1cccs1. The normalized spacial score (nSPS) is 9.76. The van der Waals surface area contributed by atoms with Gasteiger partial charge in [0.25, 0.3) is 0 Å². The Bertz CT molecular complexity index is 364. The number of thiophene rings is 1. The molecule has 0 saturated heterocycles. The average molecular weight is 257 g/mol. The fraction of sp³-hybridized carbons (Fsp3) is 0.455. The summed E-state index contributed by atoms with van der Waals surface area (Å²) in [6.07, 6.45) is -0.508. The van der Waals surface area contributed by atoms with Crippen LogP contribution in [-0.4, -0.2) is 37.2 Å². The Labute approximate surface area is 104 Å². The smallest absolute Gasteiger partial charge is 0.410 e. The first kappa shape index (κ1) is 13.5. The molecule has 0 aliphatic heterocycles. The van der Waals surface area contributed by atoms with Crippen LogP contribution in [0.5, 0.6) is 0 Å². The Hall–Kier alpha value is -1.56. The molecule has 0 atom stereocenters. The molecular weight excluding hydrogens is 242 g/mol. The van der Waals surface area contributed by atoms with Crippen molar-refractivity contribution in [1.29, 1.82) is 0 Å². The van der Waals surface area contributed by atoms with Gasteiger partial charge < -0.3 is 9.47 Å². The van der Waals surface area contributed by atoms with Gasteiger partial charge in [0.1, 0.15) is 6.54 Å². The molecule has 6 heteroatoms. The quantitative estimate of drug-likeness (QED) is 0.756. The molecule has 0 spiro atoms. The Kier molecular flexibility index (Phi) is 5.48. The lowest BCUT2D eigenvalue weighted by Gasteiger charge is -2.19. The first-order valence-corrected chi connectivity index (χ1v) is 6.06. The predicted molar refractivity (Wildman–Crippen MR) is 63.8 cm³/mol. The highest BCUT2D eigenvalue weighted by Gasteiger charge is 2.19. The van der Waals surface area contributed by atoms with Crippen LogP contribution in [-0.2, 0) is 20.8 Å². The maximum absolute atomic E-state index is 11.6. The minimum atomic E-state index is -0.508. The minimum Gasteiger partial charge on any atom is -0.468 e. The third kappa shape index (κ3) is 4.44. The third-order valence-corrected chi connectivity index (χ3v) is 2.86. The van der Waals surface area contributed by atoms with Crippen LogP contribution in [0.2, 0.25) is 0 Å². The van der Waals surface area contributed by atoms with Gasteiger partial charge in [0.2, 0.25) is 0 Å². The number of hydrogen-bond donors (Lipinski definition) is 0. The summed E-state index contributed by atoms with van der Waals surface area (Å²) in [5, 5.41) is 1.91. The van der Waals surface area contributed by atoms with Gasteiger partial charge in [0, 0.05) is 4.88 Å². The summed E-state index contributed by atoms with van der Waals surface area (Å²) in [7, 11) is 1.29. The van der Waals surface area contributed by atoms with E-state index in [-0.39, 0.29) is 13.2 Å². The van der Waals surface area contributed by atoms with Crippen LogP contribution in [0, 0.1) is 0 Å². The lowest BCUT2D eigenvalue weighted by molar-refractivity contribution is -0.141. The molecule has 0 aliphatic rings. The molecule has 0 unspecified atom stereocenters. The Balaban J connectivity index is 2.64. The number of hydrogen-bond acceptors (Lipinski definition) is 5. The van der Waals surface area contributed by atoms with E-state index in [1.807, 2.05) is 17.5 Å². The van der Waals surface area contributed by atoms with E-state index in [0.29, 0.717) is 6.54 Å². The number of methoxy groups -OCH3 is 1. The van der Waals surface area contributed by atoms with Crippen molar-refractivity contribution in [3.8, 4) is 0 Å². The zero-order valence-electron chi connectivity index (χ0n) is 9.84. The monoisotopic (exact) mass is 257 g/mol. The van der Waals surface area contributed by atoms with Crippen molar-refractivity contribution in [1.82, 2.24) is 4.90 Å². The highest BCUT2D eigenvalue weighted by Crippen LogP contribution is 2.12. The Morgan fingerprint density at radius 2 is 2.24 bits per heavy atom. The van der Waals surface area contributed by atoms with Crippen LogP contribution in [0.3, 0.4) is 0 Å². The van der Waals surface area contributed by atoms with Crippen molar-refractivity contribution in [3.05, 3.63) is 22.4 Å². The summed E-state index contributed by atoms with van der Waals surface area (Å²) in [4.78, 5) is 25.1. The van der Waals surface area contributed by atoms with Crippen LogP contribution in [0.4, 0.5) is 4.79 Å². The van der Waals surface area contributed by atoms with Crippen LogP contribution in [0.1, 0.15) is 11.8 Å². The van der Waals surface area contributed by atoms with Gasteiger partial charge in [-0.15, -0.1) is 11.3 Å². The van der Waals surface area contributed by atoms with E-state index in [2.05, 4.69) is 4.74 Å². The molecule has 0 saturated carbocycles. The second kappa shape index (κ2) is 6.90. The molecule has 1 rings (SSSR count). The van der Waals surface area contributed by atoms with Gasteiger partial charge in [-0.25, -0.2) is 4.79 Å². The average Bonchev–Trinajstić information content (AvgIpc) is 2.81. The molecule has 17 heavy (non-hydrogen) atoms. The lowest BCUT2D eigenvalue weighted by atomic mass is 10.4. The van der Waals surface area contributed by atoms with Crippen molar-refractivity contribution in [2.45, 2.75) is 13.5 Å². The van der Waals surface area contributed by atoms with E-state index in [9.17, 15) is 9.59 Å². The molecule has 1 aromatic rings. The number of nitrogens with zero attached hydrogens (tertiary/aromatic N) is 1. The van der Waals surface area contributed by atoms with Crippen LogP contribution < -0.4 is 0 Å². The van der Waals surface area contributed by atoms with Crippen LogP contribution >= 0.6 is 11.3 Å². The Morgan fingerprint density at radius 3 is 2.76 bits per heavy atom. The second-order valence-electron chi connectivity index (χ2n) is 3.21. The van der Waals surface area contributed by atoms with Crippen molar-refractivity contribution in [2.24, 2.45) is 0 Å². The van der Waals surface area contributed by atoms with E-state index < -0.39 is 12.1 Å². The third-order valence-electron chi connectivity index (χ3n) is 2.00. The van der Waals surface area contributed by atoms with Gasteiger partial charge in [-0.3, -0.25) is 9.69 Å². The van der Waals surface area contributed by atoms with Crippen LogP contribution in [0.25, 0.3) is 0 Å². The fourth-order valence-corrected chi connectivity index (χ4v) is 1.93. The second-order valence-corrected chi connectivity index (χ2v) is 4.24. The summed E-state index contributed by atoms with van der Waals surface area (Å²) in [6.45, 7) is 2.25. The lowest BCUT2D eigenvalue weighted by Crippen LogP contribution is -2.35. The molecule has 1 aromatic heterocycles. The molecule has 5 nitrogen and oxygen atoms in total. The van der Waals surface area contributed by atoms with Gasteiger partial charge in [0.05, 0.1) is 20.3 Å². The van der Waals surface area contributed by atoms with Gasteiger partial charge >= 0.3 is 12.1 Å². The predicted octanol–water partition coefficient (Wildman–Crippen LogP) is 1.88. The van der Waals surface area contributed by atoms with E-state index in [1.165, 1.54) is 23.3 Å². The van der Waals surface area contributed by atoms with Crippen molar-refractivity contribution in [3.63, 3.8) is 0 Å². The maximum atomic E-state index is 11.6. The molecule has 0 aliphatic carbocycles.